The van der Waals surface area contributed by atoms with Crippen molar-refractivity contribution in [1.82, 2.24) is 15.5 Å². The molecule has 1 fully saturated rings. The topological polar surface area (TPSA) is 66.0 Å². The van der Waals surface area contributed by atoms with Gasteiger partial charge in [-0.3, -0.25) is 4.79 Å². The van der Waals surface area contributed by atoms with Crippen LogP contribution in [0.15, 0.2) is 29.3 Å². The second-order valence-corrected chi connectivity index (χ2v) is 6.40. The third-order valence-corrected chi connectivity index (χ3v) is 4.12. The van der Waals surface area contributed by atoms with E-state index in [0.717, 1.165) is 25.9 Å². The first kappa shape index (κ1) is 23.5. The molecular weight excluding hydrogens is 462 g/mol. The number of piperidine rings is 1. The standard InChI is InChI=1S/C19H29FN4O2.HI/c1-3-21-19(23-14-18(25)24-10-5-4-6-11-24)22-13-15(2)26-17-9-7-8-16(20)12-17;/h7-9,12,15H,3-6,10-11,13-14H2,1-2H3,(H2,21,22,23);1H. The van der Waals surface area contributed by atoms with Crippen molar-refractivity contribution in [1.29, 1.82) is 0 Å². The van der Waals surface area contributed by atoms with Crippen LogP contribution in [0.2, 0.25) is 0 Å². The monoisotopic (exact) mass is 492 g/mol. The van der Waals surface area contributed by atoms with E-state index >= 15 is 0 Å². The number of benzene rings is 1. The number of hydrogen-bond acceptors (Lipinski definition) is 3. The molecule has 152 valence electrons. The summed E-state index contributed by atoms with van der Waals surface area (Å²) in [6.07, 6.45) is 3.16. The molecule has 1 atom stereocenters. The number of halogens is 2. The highest BCUT2D eigenvalue weighted by atomic mass is 127. The largest absolute Gasteiger partial charge is 0.489 e. The molecule has 1 unspecified atom stereocenters. The zero-order chi connectivity index (χ0) is 18.8. The highest BCUT2D eigenvalue weighted by Crippen LogP contribution is 2.13. The van der Waals surface area contributed by atoms with Crippen LogP contribution in [0.5, 0.6) is 5.75 Å². The van der Waals surface area contributed by atoms with Crippen molar-refractivity contribution < 1.29 is 13.9 Å². The lowest BCUT2D eigenvalue weighted by atomic mass is 10.1. The molecule has 1 heterocycles. The molecule has 27 heavy (non-hydrogen) atoms. The number of nitrogens with one attached hydrogen (secondary N) is 2. The average Bonchev–Trinajstić information content (AvgIpc) is 2.64. The van der Waals surface area contributed by atoms with Crippen LogP contribution in [-0.4, -0.2) is 55.6 Å². The summed E-state index contributed by atoms with van der Waals surface area (Å²) in [4.78, 5) is 18.5. The molecule has 0 spiro atoms. The van der Waals surface area contributed by atoms with Crippen LogP contribution in [0, 0.1) is 5.82 Å². The number of aliphatic imine (C=N–C) groups is 1. The van der Waals surface area contributed by atoms with Gasteiger partial charge in [0.25, 0.3) is 0 Å². The Morgan fingerprint density at radius 2 is 2.04 bits per heavy atom. The minimum atomic E-state index is -0.325. The maximum Gasteiger partial charge on any atom is 0.244 e. The first-order chi connectivity index (χ1) is 12.6. The van der Waals surface area contributed by atoms with Crippen LogP contribution in [0.3, 0.4) is 0 Å². The maximum atomic E-state index is 13.2. The van der Waals surface area contributed by atoms with Crippen LogP contribution < -0.4 is 15.4 Å². The van der Waals surface area contributed by atoms with Gasteiger partial charge in [-0.1, -0.05) is 6.07 Å². The molecule has 0 radical (unpaired) electrons. The van der Waals surface area contributed by atoms with Crippen LogP contribution in [0.4, 0.5) is 4.39 Å². The van der Waals surface area contributed by atoms with Gasteiger partial charge >= 0.3 is 0 Å². The summed E-state index contributed by atoms with van der Waals surface area (Å²) in [6.45, 7) is 6.84. The van der Waals surface area contributed by atoms with Gasteiger partial charge in [-0.05, 0) is 45.2 Å². The number of carbonyl (C=O) groups excluding carboxylic acids is 1. The van der Waals surface area contributed by atoms with E-state index in [2.05, 4.69) is 15.6 Å². The molecule has 1 aliphatic rings. The lowest BCUT2D eigenvalue weighted by Gasteiger charge is -2.26. The van der Waals surface area contributed by atoms with Crippen molar-refractivity contribution >= 4 is 35.8 Å². The number of guanidine groups is 1. The van der Waals surface area contributed by atoms with Crippen molar-refractivity contribution in [3.8, 4) is 5.75 Å². The smallest absolute Gasteiger partial charge is 0.244 e. The first-order valence-electron chi connectivity index (χ1n) is 9.30. The van der Waals surface area contributed by atoms with Crippen molar-refractivity contribution in [2.75, 3.05) is 32.7 Å². The SMILES string of the molecule is CCNC(=NCC(=O)N1CCCCC1)NCC(C)Oc1cccc(F)c1.I. The molecule has 0 aromatic heterocycles. The lowest BCUT2D eigenvalue weighted by Crippen LogP contribution is -2.43. The molecule has 2 N–H and O–H groups in total. The fourth-order valence-electron chi connectivity index (χ4n) is 2.79. The average molecular weight is 492 g/mol. The predicted molar refractivity (Wildman–Crippen MR) is 116 cm³/mol. The van der Waals surface area contributed by atoms with E-state index in [1.165, 1.54) is 18.6 Å². The number of ether oxygens (including phenoxy) is 1. The fourth-order valence-corrected chi connectivity index (χ4v) is 2.79. The van der Waals surface area contributed by atoms with E-state index in [0.29, 0.717) is 24.8 Å². The minimum Gasteiger partial charge on any atom is -0.489 e. The molecular formula is C19H30FIN4O2. The summed E-state index contributed by atoms with van der Waals surface area (Å²) in [5, 5.41) is 6.28. The van der Waals surface area contributed by atoms with Crippen molar-refractivity contribution in [3.63, 3.8) is 0 Å². The van der Waals surface area contributed by atoms with E-state index < -0.39 is 0 Å². The van der Waals surface area contributed by atoms with E-state index in [9.17, 15) is 9.18 Å². The Bertz CT molecular complexity index is 609. The van der Waals surface area contributed by atoms with E-state index in [-0.39, 0.29) is 48.3 Å². The van der Waals surface area contributed by atoms with Crippen molar-refractivity contribution in [3.05, 3.63) is 30.1 Å². The predicted octanol–water partition coefficient (Wildman–Crippen LogP) is 2.78. The number of likely N-dealkylation sites (tertiary alicyclic amines) is 1. The lowest BCUT2D eigenvalue weighted by molar-refractivity contribution is -0.130. The second-order valence-electron chi connectivity index (χ2n) is 6.40. The van der Waals surface area contributed by atoms with Crippen LogP contribution in [0.25, 0.3) is 0 Å². The van der Waals surface area contributed by atoms with Gasteiger partial charge in [0.1, 0.15) is 24.2 Å². The van der Waals surface area contributed by atoms with Gasteiger partial charge in [0.2, 0.25) is 5.91 Å². The van der Waals surface area contributed by atoms with Gasteiger partial charge in [0.15, 0.2) is 5.96 Å². The number of nitrogens with zero attached hydrogens (tertiary/aromatic N) is 2. The Morgan fingerprint density at radius 1 is 1.30 bits per heavy atom. The molecule has 0 saturated carbocycles. The van der Waals surface area contributed by atoms with Crippen LogP contribution in [-0.2, 0) is 4.79 Å². The van der Waals surface area contributed by atoms with E-state index in [1.807, 2.05) is 18.7 Å². The molecule has 1 amide bonds. The number of amides is 1. The number of rotatable bonds is 7. The van der Waals surface area contributed by atoms with Crippen molar-refractivity contribution in [2.45, 2.75) is 39.2 Å². The van der Waals surface area contributed by atoms with Crippen molar-refractivity contribution in [2.24, 2.45) is 4.99 Å². The highest BCUT2D eigenvalue weighted by Gasteiger charge is 2.16. The summed E-state index contributed by atoms with van der Waals surface area (Å²) < 4.78 is 18.9. The Balaban J connectivity index is 0.00000364. The molecule has 0 bridgehead atoms. The molecule has 1 aliphatic heterocycles. The van der Waals surface area contributed by atoms with Gasteiger partial charge in [-0.25, -0.2) is 9.38 Å². The number of hydrogen-bond donors (Lipinski definition) is 2. The van der Waals surface area contributed by atoms with E-state index in [1.54, 1.807) is 12.1 Å². The molecule has 2 rings (SSSR count). The van der Waals surface area contributed by atoms with Gasteiger partial charge < -0.3 is 20.3 Å². The minimum absolute atomic E-state index is 0. The normalized spacial score (nSPS) is 15.5. The molecule has 6 nitrogen and oxygen atoms in total. The Hall–Kier alpha value is -1.58. The summed E-state index contributed by atoms with van der Waals surface area (Å²) in [5.41, 5.74) is 0. The highest BCUT2D eigenvalue weighted by molar-refractivity contribution is 14.0. The molecule has 8 heteroatoms. The molecule has 1 aromatic rings. The Morgan fingerprint density at radius 3 is 2.70 bits per heavy atom. The zero-order valence-corrected chi connectivity index (χ0v) is 18.4. The quantitative estimate of drug-likeness (QED) is 0.349. The Kier molecular flexibility index (Phi) is 11.1. The summed E-state index contributed by atoms with van der Waals surface area (Å²) in [7, 11) is 0. The second kappa shape index (κ2) is 12.7. The summed E-state index contributed by atoms with van der Waals surface area (Å²) >= 11 is 0. The summed E-state index contributed by atoms with van der Waals surface area (Å²) in [6, 6.07) is 6.07. The van der Waals surface area contributed by atoms with Crippen LogP contribution >= 0.6 is 24.0 Å². The summed E-state index contributed by atoms with van der Waals surface area (Å²) in [5.74, 6) is 0.800. The number of carbonyl (C=O) groups is 1. The Labute approximate surface area is 178 Å². The fraction of sp³-hybridized carbons (Fsp3) is 0.579. The molecule has 0 aliphatic carbocycles. The van der Waals surface area contributed by atoms with Gasteiger partial charge in [0.05, 0.1) is 6.54 Å². The van der Waals surface area contributed by atoms with Gasteiger partial charge in [-0.15, -0.1) is 24.0 Å². The van der Waals surface area contributed by atoms with Gasteiger partial charge in [0, 0.05) is 25.7 Å². The zero-order valence-electron chi connectivity index (χ0n) is 16.0. The maximum absolute atomic E-state index is 13.2. The third kappa shape index (κ3) is 8.77. The molecule has 1 aromatic carbocycles. The third-order valence-electron chi connectivity index (χ3n) is 4.12. The first-order valence-corrected chi connectivity index (χ1v) is 9.30. The van der Waals surface area contributed by atoms with Crippen LogP contribution in [0.1, 0.15) is 33.1 Å². The molecule has 1 saturated heterocycles. The van der Waals surface area contributed by atoms with Gasteiger partial charge in [-0.2, -0.15) is 0 Å². The van der Waals surface area contributed by atoms with E-state index in [4.69, 9.17) is 4.74 Å².